The molecule has 0 fully saturated rings. The molecule has 0 aliphatic heterocycles. The van der Waals surface area contributed by atoms with Crippen LogP contribution in [0.15, 0.2) is 6.20 Å². The number of hydrogen-bond donors (Lipinski definition) is 0. The van der Waals surface area contributed by atoms with Crippen LogP contribution in [0.25, 0.3) is 0 Å². The van der Waals surface area contributed by atoms with Crippen LogP contribution in [0.5, 0.6) is 0 Å². The maximum Gasteiger partial charge on any atom is 1.00 e. The van der Waals surface area contributed by atoms with Crippen LogP contribution in [0.3, 0.4) is 0 Å². The fourth-order valence-electron chi connectivity index (χ4n) is 0.396. The Kier molecular flexibility index (Phi) is 4.52. The topological polar surface area (TPSA) is 17.8 Å². The van der Waals surface area contributed by atoms with E-state index in [9.17, 15) is 0 Å². The molecule has 2 radical (unpaired) electrons. The standard InChI is InChI=1S/C4H4BN2.Rb/c1-4-2-7(5)3-6-4;/h2H,1H3;/q-1;+1. The fourth-order valence-corrected chi connectivity index (χ4v) is 0.396. The van der Waals surface area contributed by atoms with Crippen LogP contribution in [0.4, 0.5) is 0 Å². The van der Waals surface area contributed by atoms with Crippen LogP contribution in [-0.2, 0) is 0 Å². The van der Waals surface area contributed by atoms with Gasteiger partial charge in [-0.3, -0.25) is 0 Å². The van der Waals surface area contributed by atoms with Crippen molar-refractivity contribution in [1.82, 2.24) is 9.46 Å². The van der Waals surface area contributed by atoms with Crippen LogP contribution in [-0.4, -0.2) is 17.4 Å². The van der Waals surface area contributed by atoms with Crippen LogP contribution in [0.1, 0.15) is 5.69 Å². The third kappa shape index (κ3) is 2.58. The Morgan fingerprint density at radius 1 is 1.88 bits per heavy atom. The third-order valence-corrected chi connectivity index (χ3v) is 0.668. The van der Waals surface area contributed by atoms with Crippen LogP contribution < -0.4 is 58.2 Å². The molecule has 1 rings (SSSR count). The van der Waals surface area contributed by atoms with Crippen molar-refractivity contribution >= 4 is 7.98 Å². The summed E-state index contributed by atoms with van der Waals surface area (Å²) in [5.41, 5.74) is 0.891. The minimum Gasteiger partial charge on any atom is -0.509 e. The van der Waals surface area contributed by atoms with E-state index in [1.54, 1.807) is 6.20 Å². The molecule has 0 atom stereocenters. The molecule has 0 spiro atoms. The molecule has 8 heavy (non-hydrogen) atoms. The molecule has 0 aliphatic carbocycles. The number of hydrogen-bond acceptors (Lipinski definition) is 1. The van der Waals surface area contributed by atoms with Crippen LogP contribution in [0, 0.1) is 13.3 Å². The number of aromatic nitrogens is 2. The summed E-state index contributed by atoms with van der Waals surface area (Å²) >= 11 is 0. The molecule has 0 aromatic carbocycles. The van der Waals surface area contributed by atoms with E-state index in [4.69, 9.17) is 7.98 Å². The van der Waals surface area contributed by atoms with Crippen LogP contribution >= 0.6 is 0 Å². The zero-order chi connectivity index (χ0) is 5.28. The number of aryl methyl sites for hydroxylation is 1. The van der Waals surface area contributed by atoms with Gasteiger partial charge in [-0.1, -0.05) is 6.92 Å². The molecule has 0 saturated carbocycles. The first-order valence-corrected chi connectivity index (χ1v) is 1.98. The zero-order valence-electron chi connectivity index (χ0n) is 5.05. The Bertz CT molecular complexity index is 146. The van der Waals surface area contributed by atoms with Crippen molar-refractivity contribution in [2.45, 2.75) is 6.92 Å². The number of nitrogens with zero attached hydrogens (tertiary/aromatic N) is 2. The van der Waals surface area contributed by atoms with Crippen molar-refractivity contribution in [3.63, 3.8) is 0 Å². The molecular formula is C4H4BN2Rb. The maximum absolute atomic E-state index is 5.18. The molecule has 4 heteroatoms. The second-order valence-electron chi connectivity index (χ2n) is 1.39. The first-order valence-electron chi connectivity index (χ1n) is 1.98. The largest absolute Gasteiger partial charge is 1.00 e. The van der Waals surface area contributed by atoms with Gasteiger partial charge in [0.25, 0.3) is 0 Å². The molecule has 1 aromatic rings. The van der Waals surface area contributed by atoms with E-state index in [0.717, 1.165) is 5.69 Å². The molecule has 1 aromatic heterocycles. The van der Waals surface area contributed by atoms with Gasteiger partial charge in [0.2, 0.25) is 7.98 Å². The van der Waals surface area contributed by atoms with E-state index in [2.05, 4.69) is 11.3 Å². The summed E-state index contributed by atoms with van der Waals surface area (Å²) in [6.07, 6.45) is 4.21. The van der Waals surface area contributed by atoms with Crippen molar-refractivity contribution < 1.29 is 58.2 Å². The smallest absolute Gasteiger partial charge is 0.509 e. The summed E-state index contributed by atoms with van der Waals surface area (Å²) in [6, 6.07) is 0. The van der Waals surface area contributed by atoms with Gasteiger partial charge in [0.05, 0.1) is 0 Å². The molecule has 2 nitrogen and oxygen atoms in total. The summed E-state index contributed by atoms with van der Waals surface area (Å²) in [6.45, 7) is 1.86. The molecule has 0 aliphatic rings. The van der Waals surface area contributed by atoms with E-state index < -0.39 is 0 Å². The first-order chi connectivity index (χ1) is 3.29. The minimum atomic E-state index is 0. The van der Waals surface area contributed by atoms with E-state index in [1.807, 2.05) is 6.92 Å². The van der Waals surface area contributed by atoms with Gasteiger partial charge in [0.15, 0.2) is 0 Å². The predicted octanol–water partition coefficient (Wildman–Crippen LogP) is -3.07. The molecule has 0 unspecified atom stereocenters. The van der Waals surface area contributed by atoms with Gasteiger partial charge >= 0.3 is 58.2 Å². The Balaban J connectivity index is 0.000000490. The van der Waals surface area contributed by atoms with Crippen molar-refractivity contribution in [2.24, 2.45) is 0 Å². The summed E-state index contributed by atoms with van der Waals surface area (Å²) in [5.74, 6) is 0. The average molecular weight is 176 g/mol. The quantitative estimate of drug-likeness (QED) is 0.303. The van der Waals surface area contributed by atoms with Crippen molar-refractivity contribution in [1.29, 1.82) is 0 Å². The third-order valence-electron chi connectivity index (χ3n) is 0.668. The average Bonchev–Trinajstić information content (AvgIpc) is 1.87. The van der Waals surface area contributed by atoms with E-state index in [0.29, 0.717) is 0 Å². The van der Waals surface area contributed by atoms with E-state index in [1.165, 1.54) is 4.48 Å². The summed E-state index contributed by atoms with van der Waals surface area (Å²) < 4.78 is 1.30. The second-order valence-corrected chi connectivity index (χ2v) is 1.39. The number of imidazole rings is 1. The van der Waals surface area contributed by atoms with E-state index in [-0.39, 0.29) is 58.2 Å². The first kappa shape index (κ1) is 9.08. The Morgan fingerprint density at radius 2 is 2.50 bits per heavy atom. The molecule has 0 bridgehead atoms. The molecule has 34 valence electrons. The van der Waals surface area contributed by atoms with Gasteiger partial charge in [-0.25, -0.2) is 0 Å². The summed E-state index contributed by atoms with van der Waals surface area (Å²) in [7, 11) is 5.18. The van der Waals surface area contributed by atoms with Crippen molar-refractivity contribution in [3.05, 3.63) is 18.2 Å². The predicted molar refractivity (Wildman–Crippen MR) is 27.0 cm³/mol. The summed E-state index contributed by atoms with van der Waals surface area (Å²) in [5, 5.41) is 0. The van der Waals surface area contributed by atoms with Gasteiger partial charge in [-0.2, -0.15) is 0 Å². The SMILES string of the molecule is [B]n1[c-]nc(C)c1.[Rb+]. The molecular weight excluding hydrogens is 172 g/mol. The fraction of sp³-hybridized carbons (Fsp3) is 0.250. The second kappa shape index (κ2) is 3.99. The van der Waals surface area contributed by atoms with E-state index >= 15 is 0 Å². The summed E-state index contributed by atoms with van der Waals surface area (Å²) in [4.78, 5) is 3.73. The molecule has 1 heterocycles. The van der Waals surface area contributed by atoms with Gasteiger partial charge in [0.1, 0.15) is 0 Å². The van der Waals surface area contributed by atoms with Gasteiger partial charge in [0, 0.05) is 0 Å². The normalized spacial score (nSPS) is 8.12. The molecule has 0 amide bonds. The number of rotatable bonds is 0. The zero-order valence-corrected chi connectivity index (χ0v) is 9.97. The van der Waals surface area contributed by atoms with Gasteiger partial charge in [-0.05, 0) is 6.33 Å². The minimum absolute atomic E-state index is 0. The Labute approximate surface area is 98.9 Å². The molecule has 0 N–H and O–H groups in total. The van der Waals surface area contributed by atoms with Gasteiger partial charge < -0.3 is 9.46 Å². The van der Waals surface area contributed by atoms with Gasteiger partial charge in [-0.15, -0.1) is 11.9 Å². The van der Waals surface area contributed by atoms with Crippen molar-refractivity contribution in [2.75, 3.05) is 0 Å². The van der Waals surface area contributed by atoms with Crippen molar-refractivity contribution in [3.8, 4) is 0 Å². The Morgan fingerprint density at radius 3 is 2.62 bits per heavy atom. The monoisotopic (exact) mass is 176 g/mol. The molecule has 0 saturated heterocycles. The maximum atomic E-state index is 5.18. The Hall–Kier alpha value is 1.08. The van der Waals surface area contributed by atoms with Crippen LogP contribution in [0.2, 0.25) is 0 Å².